The van der Waals surface area contributed by atoms with E-state index >= 15 is 0 Å². The van der Waals surface area contributed by atoms with Crippen molar-refractivity contribution in [2.75, 3.05) is 0 Å². The Morgan fingerprint density at radius 3 is 2.31 bits per heavy atom. The van der Waals surface area contributed by atoms with Gasteiger partial charge < -0.3 is 5.11 Å². The first-order chi connectivity index (χ1) is 13.5. The molecule has 1 N–H and O–H groups in total. The Kier molecular flexibility index (Phi) is 5.60. The van der Waals surface area contributed by atoms with Crippen LogP contribution in [-0.2, 0) is 4.79 Å². The summed E-state index contributed by atoms with van der Waals surface area (Å²) in [7, 11) is 9.01. The number of rotatable bonds is 4. The number of carbonyl (C=O) groups is 1. The van der Waals surface area contributed by atoms with Crippen molar-refractivity contribution in [1.82, 2.24) is 0 Å². The lowest BCUT2D eigenvalue weighted by atomic mass is 9.35. The largest absolute Gasteiger partial charge is 0.482 e. The van der Waals surface area contributed by atoms with Gasteiger partial charge in [0.2, 0.25) is 0 Å². The van der Waals surface area contributed by atoms with Crippen LogP contribution in [0.1, 0.15) is 78.1 Å². The molecular weight excluding hydrogens is 351 g/mol. The minimum Gasteiger partial charge on any atom is -0.482 e. The van der Waals surface area contributed by atoms with E-state index in [-0.39, 0.29) is 0 Å². The first kappa shape index (κ1) is 21.9. The highest BCUT2D eigenvalue weighted by molar-refractivity contribution is 6.49. The van der Waals surface area contributed by atoms with E-state index in [9.17, 15) is 9.90 Å². The first-order valence-corrected chi connectivity index (χ1v) is 12.8. The van der Waals surface area contributed by atoms with Crippen LogP contribution in [0.5, 0.6) is 0 Å². The Hall–Kier alpha value is -0.270. The van der Waals surface area contributed by atoms with Crippen LogP contribution in [-0.4, -0.2) is 42.5 Å². The third kappa shape index (κ3) is 3.29. The number of hydrogen-bond donors (Lipinski definition) is 1. The molecule has 0 amide bonds. The van der Waals surface area contributed by atoms with Gasteiger partial charge in [-0.2, -0.15) is 0 Å². The van der Waals surface area contributed by atoms with Crippen LogP contribution in [0.4, 0.5) is 0 Å². The lowest BCUT2D eigenvalue weighted by Crippen LogP contribution is -2.56. The fourth-order valence-corrected chi connectivity index (χ4v) is 9.35. The first-order valence-electron chi connectivity index (χ1n) is 12.8. The maximum atomic E-state index is 11.6. The highest BCUT2D eigenvalue weighted by Gasteiger charge is 2.62. The molecule has 9 atom stereocenters. The second kappa shape index (κ2) is 7.40. The molecule has 4 fully saturated rings. The van der Waals surface area contributed by atoms with Gasteiger partial charge in [-0.3, -0.25) is 4.79 Å². The average molecular weight is 394 g/mol. The lowest BCUT2D eigenvalue weighted by molar-refractivity contribution is -0.138. The summed E-state index contributed by atoms with van der Waals surface area (Å²) in [5.41, 5.74) is 1.03. The molecule has 0 aromatic rings. The van der Waals surface area contributed by atoms with Gasteiger partial charge in [0.1, 0.15) is 31.4 Å². The normalized spacial score (nSPS) is 49.7. The van der Waals surface area contributed by atoms with Gasteiger partial charge in [-0.15, -0.1) is 0 Å². The van der Waals surface area contributed by atoms with Crippen LogP contribution in [0.3, 0.4) is 0 Å². The zero-order chi connectivity index (χ0) is 21.2. The van der Waals surface area contributed by atoms with Crippen LogP contribution in [0.15, 0.2) is 0 Å². The van der Waals surface area contributed by atoms with Gasteiger partial charge in [0, 0.05) is 5.21 Å². The van der Waals surface area contributed by atoms with Crippen LogP contribution >= 0.6 is 0 Å². The molecule has 0 aliphatic heterocycles. The minimum atomic E-state index is -0.632. The maximum absolute atomic E-state index is 11.6. The molecule has 0 spiro atoms. The summed E-state index contributed by atoms with van der Waals surface area (Å²) >= 11 is 0. The molecule has 4 rings (SSSR count). The summed E-state index contributed by atoms with van der Waals surface area (Å²) < 4.78 is 0. The molecule has 158 valence electrons. The Morgan fingerprint density at radius 1 is 0.931 bits per heavy atom. The third-order valence-electron chi connectivity index (χ3n) is 11.5. The summed E-state index contributed by atoms with van der Waals surface area (Å²) in [6.45, 7) is 5.29. The van der Waals surface area contributed by atoms with Crippen molar-refractivity contribution < 1.29 is 9.90 Å². The Labute approximate surface area is 182 Å². The lowest BCUT2D eigenvalue weighted by Gasteiger charge is -2.65. The second-order valence-corrected chi connectivity index (χ2v) is 12.9. The molecule has 29 heavy (non-hydrogen) atoms. The molecule has 0 saturated heterocycles. The van der Waals surface area contributed by atoms with Crippen molar-refractivity contribution >= 4 is 37.4 Å². The monoisotopic (exact) mass is 394 g/mol. The SMILES string of the molecule is BC1C2C(CCC3(C)C2CC[C@@H]3CCC(B)(B)C(=O)O)C2(C)CCCCC2[C@@H]1B. The fourth-order valence-electron chi connectivity index (χ4n) is 9.35. The molecule has 0 bridgehead atoms. The predicted molar refractivity (Wildman–Crippen MR) is 132 cm³/mol. The molecule has 4 aliphatic rings. The van der Waals surface area contributed by atoms with Crippen molar-refractivity contribution in [3.63, 3.8) is 0 Å². The third-order valence-corrected chi connectivity index (χ3v) is 11.5. The van der Waals surface area contributed by atoms with Crippen LogP contribution in [0.2, 0.25) is 16.8 Å². The number of carboxylic acids is 1. The average Bonchev–Trinajstić information content (AvgIpc) is 3.00. The standard InChI is InChI=1S/C23H42B4O2/c1-21-11-9-15-17(19(25)18(24)16-5-3-4-10-22(15,16)2)14(21)7-6-13(21)8-12-23(26,27)20(28)29/h13-19H,3-12,24-27H2,1-2H3,(H,28,29)/t13-,14?,15?,16?,17?,18+,19?,21?,22?/m1/s1. The van der Waals surface area contributed by atoms with Gasteiger partial charge in [-0.05, 0) is 72.5 Å². The number of fused-ring (bicyclic) bond motifs is 5. The van der Waals surface area contributed by atoms with E-state index in [1.165, 1.54) is 51.4 Å². The van der Waals surface area contributed by atoms with Gasteiger partial charge in [-0.1, -0.05) is 57.6 Å². The molecule has 4 aliphatic carbocycles. The predicted octanol–water partition coefficient (Wildman–Crippen LogP) is 2.35. The summed E-state index contributed by atoms with van der Waals surface area (Å²) in [6.07, 6.45) is 13.3. The molecule has 6 heteroatoms. The highest BCUT2D eigenvalue weighted by Crippen LogP contribution is 2.71. The topological polar surface area (TPSA) is 37.3 Å². The van der Waals surface area contributed by atoms with Crippen molar-refractivity contribution in [1.29, 1.82) is 0 Å². The molecule has 0 aromatic carbocycles. The molecule has 0 radical (unpaired) electrons. The van der Waals surface area contributed by atoms with E-state index in [0.717, 1.165) is 54.1 Å². The van der Waals surface area contributed by atoms with Crippen molar-refractivity contribution in [3.8, 4) is 0 Å². The van der Waals surface area contributed by atoms with E-state index < -0.39 is 11.2 Å². The van der Waals surface area contributed by atoms with Crippen LogP contribution in [0, 0.1) is 40.4 Å². The highest BCUT2D eigenvalue weighted by atomic mass is 16.4. The number of aliphatic carboxylic acids is 1. The zero-order valence-electron chi connectivity index (χ0n) is 20.0. The van der Waals surface area contributed by atoms with E-state index in [0.29, 0.717) is 10.8 Å². The Morgan fingerprint density at radius 2 is 1.62 bits per heavy atom. The molecule has 0 heterocycles. The summed E-state index contributed by atoms with van der Waals surface area (Å²) in [6, 6.07) is 0. The molecule has 7 unspecified atom stereocenters. The molecule has 4 saturated carbocycles. The van der Waals surface area contributed by atoms with Crippen molar-refractivity contribution in [2.24, 2.45) is 40.4 Å². The van der Waals surface area contributed by atoms with Gasteiger partial charge >= 0.3 is 0 Å². The molecular formula is C23H42B4O2. The van der Waals surface area contributed by atoms with Crippen LogP contribution < -0.4 is 0 Å². The summed E-state index contributed by atoms with van der Waals surface area (Å²) in [4.78, 5) is 11.6. The van der Waals surface area contributed by atoms with Gasteiger partial charge in [0.15, 0.2) is 0 Å². The summed E-state index contributed by atoms with van der Waals surface area (Å²) in [5.74, 6) is 5.48. The van der Waals surface area contributed by atoms with Crippen molar-refractivity contribution in [2.45, 2.75) is 94.9 Å². The zero-order valence-corrected chi connectivity index (χ0v) is 20.0. The van der Waals surface area contributed by atoms with E-state index in [1.54, 1.807) is 0 Å². The quantitative estimate of drug-likeness (QED) is 0.744. The van der Waals surface area contributed by atoms with Gasteiger partial charge in [-0.25, -0.2) is 0 Å². The van der Waals surface area contributed by atoms with Crippen molar-refractivity contribution in [3.05, 3.63) is 0 Å². The van der Waals surface area contributed by atoms with E-state index in [4.69, 9.17) is 0 Å². The molecule has 2 nitrogen and oxygen atoms in total. The number of hydrogen-bond acceptors (Lipinski definition) is 1. The number of carboxylic acid groups (broad SMARTS) is 1. The Bertz CT molecular complexity index is 655. The second-order valence-electron chi connectivity index (χ2n) is 12.9. The van der Waals surface area contributed by atoms with E-state index in [2.05, 4.69) is 29.5 Å². The van der Waals surface area contributed by atoms with Gasteiger partial charge in [0.05, 0.1) is 0 Å². The smallest absolute Gasteiger partial charge is 0.293 e. The maximum Gasteiger partial charge on any atom is 0.293 e. The fraction of sp³-hybridized carbons (Fsp3) is 0.957. The van der Waals surface area contributed by atoms with Gasteiger partial charge in [0.25, 0.3) is 5.97 Å². The Balaban J connectivity index is 1.56. The van der Waals surface area contributed by atoms with Crippen LogP contribution in [0.25, 0.3) is 0 Å². The minimum absolute atomic E-state index is 0.446. The molecule has 0 aromatic heterocycles. The summed E-state index contributed by atoms with van der Waals surface area (Å²) in [5, 5.41) is 8.99. The van der Waals surface area contributed by atoms with E-state index in [1.807, 2.05) is 15.7 Å².